The normalized spacial score (nSPS) is 9.87. The molecular weight excluding hydrogens is 287 g/mol. The number of benzene rings is 3. The first-order valence-corrected chi connectivity index (χ1v) is 7.02. The van der Waals surface area contributed by atoms with E-state index in [4.69, 9.17) is 10.5 Å². The van der Waals surface area contributed by atoms with Gasteiger partial charge in [-0.05, 0) is 34.9 Å². The Labute approximate surface area is 133 Å². The monoisotopic (exact) mass is 298 g/mol. The van der Waals surface area contributed by atoms with E-state index >= 15 is 0 Å². The molecule has 3 aromatic carbocycles. The molecule has 3 rings (SSSR count). The first-order valence-electron chi connectivity index (χ1n) is 7.02. The second-order valence-corrected chi connectivity index (χ2v) is 5.06. The molecule has 0 aliphatic heterocycles. The van der Waals surface area contributed by atoms with E-state index in [1.54, 1.807) is 12.1 Å². The number of nitrogens with zero attached hydrogens (tertiary/aromatic N) is 2. The van der Waals surface area contributed by atoms with Gasteiger partial charge in [-0.3, -0.25) is 0 Å². The maximum Gasteiger partial charge on any atom is 0.148 e. The van der Waals surface area contributed by atoms with Crippen LogP contribution in [0, 0.1) is 28.5 Å². The summed E-state index contributed by atoms with van der Waals surface area (Å²) in [5, 5.41) is 18.1. The number of rotatable bonds is 2. The van der Waals surface area contributed by atoms with E-state index in [9.17, 15) is 4.39 Å². The smallest absolute Gasteiger partial charge is 0.148 e. The molecule has 0 amide bonds. The van der Waals surface area contributed by atoms with Gasteiger partial charge in [0.15, 0.2) is 0 Å². The van der Waals surface area contributed by atoms with Gasteiger partial charge in [-0.2, -0.15) is 10.5 Å². The zero-order valence-electron chi connectivity index (χ0n) is 12.1. The number of hydrogen-bond donors (Lipinski definition) is 0. The summed E-state index contributed by atoms with van der Waals surface area (Å²) in [6, 6.07) is 23.7. The van der Waals surface area contributed by atoms with Crippen molar-refractivity contribution in [3.05, 3.63) is 83.7 Å². The molecular formula is C20H11FN2. The standard InChI is InChI=1S/C20H11FN2/c21-20-18(13-23)9-14(12-22)10-19(20)17-8-4-7-16(11-17)15-5-2-1-3-6-15/h1-11H. The van der Waals surface area contributed by atoms with Crippen LogP contribution in [0.5, 0.6) is 0 Å². The van der Waals surface area contributed by atoms with Crippen molar-refractivity contribution in [3.63, 3.8) is 0 Å². The molecule has 0 unspecified atom stereocenters. The molecule has 0 aliphatic rings. The Kier molecular flexibility index (Phi) is 3.87. The molecule has 23 heavy (non-hydrogen) atoms. The summed E-state index contributed by atoms with van der Waals surface area (Å²) in [6.45, 7) is 0. The van der Waals surface area contributed by atoms with Gasteiger partial charge in [0.05, 0.1) is 17.2 Å². The summed E-state index contributed by atoms with van der Waals surface area (Å²) in [5.74, 6) is -0.600. The highest BCUT2D eigenvalue weighted by Crippen LogP contribution is 2.30. The highest BCUT2D eigenvalue weighted by molar-refractivity contribution is 5.75. The zero-order chi connectivity index (χ0) is 16.2. The second-order valence-electron chi connectivity index (χ2n) is 5.06. The summed E-state index contributed by atoms with van der Waals surface area (Å²) in [4.78, 5) is 0. The largest absolute Gasteiger partial charge is 0.205 e. The van der Waals surface area contributed by atoms with Crippen LogP contribution in [-0.4, -0.2) is 0 Å². The molecule has 0 aromatic heterocycles. The van der Waals surface area contributed by atoms with Crippen LogP contribution in [0.3, 0.4) is 0 Å². The quantitative estimate of drug-likeness (QED) is 0.675. The number of hydrogen-bond acceptors (Lipinski definition) is 2. The van der Waals surface area contributed by atoms with Crippen molar-refractivity contribution in [2.75, 3.05) is 0 Å². The van der Waals surface area contributed by atoms with Crippen LogP contribution in [0.4, 0.5) is 4.39 Å². The molecule has 2 nitrogen and oxygen atoms in total. The first kappa shape index (κ1) is 14.5. The average Bonchev–Trinajstić information content (AvgIpc) is 2.63. The van der Waals surface area contributed by atoms with Gasteiger partial charge < -0.3 is 0 Å². The predicted molar refractivity (Wildman–Crippen MR) is 86.7 cm³/mol. The minimum atomic E-state index is -0.600. The number of halogens is 1. The Hall–Kier alpha value is -3.43. The van der Waals surface area contributed by atoms with E-state index in [0.29, 0.717) is 5.56 Å². The van der Waals surface area contributed by atoms with Crippen molar-refractivity contribution < 1.29 is 4.39 Å². The highest BCUT2D eigenvalue weighted by Gasteiger charge is 2.13. The Bertz CT molecular complexity index is 948. The minimum absolute atomic E-state index is 0.121. The molecule has 0 N–H and O–H groups in total. The third kappa shape index (κ3) is 2.81. The van der Waals surface area contributed by atoms with Crippen LogP contribution in [0.25, 0.3) is 22.3 Å². The fraction of sp³-hybridized carbons (Fsp3) is 0. The van der Waals surface area contributed by atoms with Gasteiger partial charge >= 0.3 is 0 Å². The van der Waals surface area contributed by atoms with Crippen LogP contribution >= 0.6 is 0 Å². The van der Waals surface area contributed by atoms with Gasteiger partial charge in [-0.15, -0.1) is 0 Å². The van der Waals surface area contributed by atoms with Gasteiger partial charge in [0.2, 0.25) is 0 Å². The van der Waals surface area contributed by atoms with E-state index in [2.05, 4.69) is 0 Å². The molecule has 0 spiro atoms. The fourth-order valence-corrected chi connectivity index (χ4v) is 2.48. The van der Waals surface area contributed by atoms with Gasteiger partial charge in [0.1, 0.15) is 11.9 Å². The first-order chi connectivity index (χ1) is 11.2. The van der Waals surface area contributed by atoms with E-state index in [0.717, 1.165) is 11.1 Å². The zero-order valence-corrected chi connectivity index (χ0v) is 12.1. The van der Waals surface area contributed by atoms with E-state index in [1.807, 2.05) is 54.6 Å². The van der Waals surface area contributed by atoms with Crippen molar-refractivity contribution in [1.82, 2.24) is 0 Å². The number of nitriles is 2. The molecule has 3 aromatic rings. The van der Waals surface area contributed by atoms with E-state index in [-0.39, 0.29) is 16.7 Å². The van der Waals surface area contributed by atoms with Crippen LogP contribution in [-0.2, 0) is 0 Å². The van der Waals surface area contributed by atoms with Crippen molar-refractivity contribution in [2.24, 2.45) is 0 Å². The molecule has 0 atom stereocenters. The van der Waals surface area contributed by atoms with E-state index in [1.165, 1.54) is 12.1 Å². The van der Waals surface area contributed by atoms with Gasteiger partial charge in [0.25, 0.3) is 0 Å². The Morgan fingerprint density at radius 3 is 2.09 bits per heavy atom. The maximum atomic E-state index is 14.5. The van der Waals surface area contributed by atoms with E-state index < -0.39 is 5.82 Å². The van der Waals surface area contributed by atoms with Crippen LogP contribution in [0.15, 0.2) is 66.7 Å². The van der Waals surface area contributed by atoms with Crippen LogP contribution in [0.1, 0.15) is 11.1 Å². The van der Waals surface area contributed by atoms with Gasteiger partial charge in [0, 0.05) is 5.56 Å². The molecule has 0 radical (unpaired) electrons. The van der Waals surface area contributed by atoms with Crippen molar-refractivity contribution >= 4 is 0 Å². The highest BCUT2D eigenvalue weighted by atomic mass is 19.1. The summed E-state index contributed by atoms with van der Waals surface area (Å²) in [5.41, 5.74) is 3.01. The lowest BCUT2D eigenvalue weighted by Crippen LogP contribution is -1.92. The summed E-state index contributed by atoms with van der Waals surface area (Å²) in [6.07, 6.45) is 0. The summed E-state index contributed by atoms with van der Waals surface area (Å²) < 4.78 is 14.5. The topological polar surface area (TPSA) is 47.6 Å². The van der Waals surface area contributed by atoms with Crippen LogP contribution in [0.2, 0.25) is 0 Å². The molecule has 0 saturated carbocycles. The van der Waals surface area contributed by atoms with Gasteiger partial charge in [-0.1, -0.05) is 48.5 Å². The van der Waals surface area contributed by atoms with Crippen molar-refractivity contribution in [1.29, 1.82) is 10.5 Å². The predicted octanol–water partition coefficient (Wildman–Crippen LogP) is 4.90. The molecule has 0 aliphatic carbocycles. The third-order valence-electron chi connectivity index (χ3n) is 3.60. The molecule has 0 heterocycles. The third-order valence-corrected chi connectivity index (χ3v) is 3.60. The minimum Gasteiger partial charge on any atom is -0.205 e. The molecule has 3 heteroatoms. The lowest BCUT2D eigenvalue weighted by Gasteiger charge is -2.08. The molecule has 0 fully saturated rings. The van der Waals surface area contributed by atoms with Gasteiger partial charge in [-0.25, -0.2) is 4.39 Å². The Morgan fingerprint density at radius 1 is 0.696 bits per heavy atom. The Morgan fingerprint density at radius 2 is 1.39 bits per heavy atom. The van der Waals surface area contributed by atoms with Crippen molar-refractivity contribution in [3.8, 4) is 34.4 Å². The summed E-state index contributed by atoms with van der Waals surface area (Å²) >= 11 is 0. The lowest BCUT2D eigenvalue weighted by molar-refractivity contribution is 0.627. The second kappa shape index (κ2) is 6.13. The summed E-state index contributed by atoms with van der Waals surface area (Å²) in [7, 11) is 0. The maximum absolute atomic E-state index is 14.5. The SMILES string of the molecule is N#Cc1cc(C#N)c(F)c(-c2cccc(-c3ccccc3)c2)c1. The Balaban J connectivity index is 2.17. The van der Waals surface area contributed by atoms with Crippen molar-refractivity contribution in [2.45, 2.75) is 0 Å². The fourth-order valence-electron chi connectivity index (χ4n) is 2.48. The molecule has 0 saturated heterocycles. The van der Waals surface area contributed by atoms with Crippen LogP contribution < -0.4 is 0 Å². The lowest BCUT2D eigenvalue weighted by atomic mass is 9.96. The molecule has 0 bridgehead atoms. The molecule has 108 valence electrons. The average molecular weight is 298 g/mol.